The molecule has 0 unspecified atom stereocenters. The second-order valence-electron chi connectivity index (χ2n) is 10.3. The first-order chi connectivity index (χ1) is 14.4. The van der Waals surface area contributed by atoms with Crippen molar-refractivity contribution in [2.75, 3.05) is 13.1 Å². The summed E-state index contributed by atoms with van der Waals surface area (Å²) in [5, 5.41) is 15.2. The van der Waals surface area contributed by atoms with Gasteiger partial charge >= 0.3 is 0 Å². The van der Waals surface area contributed by atoms with E-state index < -0.39 is 17.1 Å². The normalized spacial score (nSPS) is 29.1. The molecule has 2 amide bonds. The van der Waals surface area contributed by atoms with Gasteiger partial charge in [0.1, 0.15) is 6.04 Å². The van der Waals surface area contributed by atoms with Crippen LogP contribution >= 0.6 is 11.6 Å². The molecule has 1 aromatic rings. The minimum Gasteiger partial charge on any atom is -0.384 e. The first-order valence-electron chi connectivity index (χ1n) is 11.3. The predicted molar refractivity (Wildman–Crippen MR) is 122 cm³/mol. The van der Waals surface area contributed by atoms with E-state index in [0.717, 1.165) is 18.4 Å². The molecule has 0 radical (unpaired) electrons. The molecule has 6 nitrogen and oxygen atoms in total. The van der Waals surface area contributed by atoms with Crippen molar-refractivity contribution in [3.8, 4) is 0 Å². The van der Waals surface area contributed by atoms with Crippen LogP contribution in [0.1, 0.15) is 58.9 Å². The van der Waals surface area contributed by atoms with Crippen LogP contribution in [0, 0.1) is 17.3 Å². The van der Waals surface area contributed by atoms with E-state index in [1.54, 1.807) is 17.0 Å². The Morgan fingerprint density at radius 2 is 1.87 bits per heavy atom. The second-order valence-corrected chi connectivity index (χ2v) is 10.7. The van der Waals surface area contributed by atoms with Crippen LogP contribution in [-0.4, -0.2) is 47.0 Å². The highest BCUT2D eigenvalue weighted by molar-refractivity contribution is 6.30. The van der Waals surface area contributed by atoms with Crippen LogP contribution < -0.4 is 11.1 Å². The van der Waals surface area contributed by atoms with Crippen molar-refractivity contribution < 1.29 is 14.7 Å². The maximum atomic E-state index is 13.4. The molecule has 31 heavy (non-hydrogen) atoms. The van der Waals surface area contributed by atoms with Gasteiger partial charge in [0.15, 0.2) is 0 Å². The molecule has 172 valence electrons. The lowest BCUT2D eigenvalue weighted by molar-refractivity contribution is -0.157. The van der Waals surface area contributed by atoms with E-state index in [-0.39, 0.29) is 29.7 Å². The molecule has 3 rings (SSSR count). The Balaban J connectivity index is 1.72. The molecule has 4 atom stereocenters. The molecule has 1 aromatic carbocycles. The third kappa shape index (κ3) is 4.91. The summed E-state index contributed by atoms with van der Waals surface area (Å²) in [5.41, 5.74) is 5.13. The highest BCUT2D eigenvalue weighted by atomic mass is 35.5. The molecule has 0 aromatic heterocycles. The number of halogens is 1. The minimum atomic E-state index is -1.06. The summed E-state index contributed by atoms with van der Waals surface area (Å²) in [5.74, 6) is -0.311. The average molecular weight is 450 g/mol. The van der Waals surface area contributed by atoms with E-state index in [1.165, 1.54) is 0 Å². The number of hydrogen-bond donors (Lipinski definition) is 3. The summed E-state index contributed by atoms with van der Waals surface area (Å²) >= 11 is 6.02. The second kappa shape index (κ2) is 9.08. The zero-order valence-electron chi connectivity index (χ0n) is 19.0. The summed E-state index contributed by atoms with van der Waals surface area (Å²) in [6.07, 6.45) is 2.72. The Hall–Kier alpha value is -1.63. The summed E-state index contributed by atoms with van der Waals surface area (Å²) < 4.78 is 0. The van der Waals surface area contributed by atoms with Crippen LogP contribution in [-0.2, 0) is 15.2 Å². The number of likely N-dealkylation sites (tertiary alicyclic amines) is 1. The van der Waals surface area contributed by atoms with E-state index in [1.807, 2.05) is 39.8 Å². The third-order valence-corrected chi connectivity index (χ3v) is 7.41. The number of nitrogens with one attached hydrogen (secondary N) is 1. The monoisotopic (exact) mass is 449 g/mol. The smallest absolute Gasteiger partial charge is 0.245 e. The Bertz CT molecular complexity index is 811. The molecule has 2 aliphatic rings. The highest BCUT2D eigenvalue weighted by Crippen LogP contribution is 2.46. The van der Waals surface area contributed by atoms with Crippen LogP contribution in [0.4, 0.5) is 0 Å². The lowest BCUT2D eigenvalue weighted by atomic mass is 9.66. The number of carbonyl (C=O) groups is 2. The van der Waals surface area contributed by atoms with Gasteiger partial charge in [-0.15, -0.1) is 0 Å². The number of piperidine rings is 1. The lowest BCUT2D eigenvalue weighted by Gasteiger charge is -2.51. The zero-order chi connectivity index (χ0) is 23.0. The van der Waals surface area contributed by atoms with Crippen LogP contribution in [0.25, 0.3) is 0 Å². The van der Waals surface area contributed by atoms with Gasteiger partial charge in [-0.3, -0.25) is 9.59 Å². The van der Waals surface area contributed by atoms with Crippen molar-refractivity contribution in [1.82, 2.24) is 10.2 Å². The Kier molecular flexibility index (Phi) is 7.04. The van der Waals surface area contributed by atoms with Gasteiger partial charge in [0.2, 0.25) is 11.8 Å². The van der Waals surface area contributed by atoms with Crippen LogP contribution in [0.15, 0.2) is 24.3 Å². The minimum absolute atomic E-state index is 0.0354. The number of aliphatic hydroxyl groups is 1. The number of nitrogens with zero attached hydrogens (tertiary/aromatic N) is 1. The Morgan fingerprint density at radius 3 is 2.39 bits per heavy atom. The van der Waals surface area contributed by atoms with Gasteiger partial charge in [-0.1, -0.05) is 51.4 Å². The van der Waals surface area contributed by atoms with E-state index in [2.05, 4.69) is 5.32 Å². The van der Waals surface area contributed by atoms with Gasteiger partial charge in [-0.2, -0.15) is 0 Å². The number of nitrogens with two attached hydrogens (primary N) is 1. The van der Waals surface area contributed by atoms with E-state index >= 15 is 0 Å². The van der Waals surface area contributed by atoms with Crippen molar-refractivity contribution in [3.05, 3.63) is 34.9 Å². The van der Waals surface area contributed by atoms with Crippen molar-refractivity contribution in [3.63, 3.8) is 0 Å². The lowest BCUT2D eigenvalue weighted by Crippen LogP contribution is -2.60. The molecular formula is C24H36ClN3O3. The van der Waals surface area contributed by atoms with Crippen LogP contribution in [0.3, 0.4) is 0 Å². The maximum absolute atomic E-state index is 13.4. The highest BCUT2D eigenvalue weighted by Gasteiger charge is 2.50. The molecule has 1 aliphatic carbocycles. The quantitative estimate of drug-likeness (QED) is 0.643. The summed E-state index contributed by atoms with van der Waals surface area (Å²) in [6, 6.07) is 6.75. The number of amides is 2. The molecule has 1 heterocycles. The van der Waals surface area contributed by atoms with Crippen LogP contribution in [0.5, 0.6) is 0 Å². The van der Waals surface area contributed by atoms with Gasteiger partial charge in [-0.25, -0.2) is 0 Å². The van der Waals surface area contributed by atoms with Crippen LogP contribution in [0.2, 0.25) is 5.02 Å². The number of rotatable bonds is 5. The molecule has 0 spiro atoms. The predicted octanol–water partition coefficient (Wildman–Crippen LogP) is 3.05. The first kappa shape index (κ1) is 24.0. The summed E-state index contributed by atoms with van der Waals surface area (Å²) in [4.78, 5) is 28.0. The molecule has 2 fully saturated rings. The van der Waals surface area contributed by atoms with Gasteiger partial charge in [0.25, 0.3) is 0 Å². The van der Waals surface area contributed by atoms with Gasteiger partial charge in [0, 0.05) is 35.5 Å². The molecule has 7 heteroatoms. The van der Waals surface area contributed by atoms with E-state index in [9.17, 15) is 14.7 Å². The summed E-state index contributed by atoms with van der Waals surface area (Å²) in [6.45, 7) is 8.67. The fourth-order valence-corrected chi connectivity index (χ4v) is 5.13. The fourth-order valence-electron chi connectivity index (χ4n) is 5.01. The topological polar surface area (TPSA) is 95.7 Å². The number of benzene rings is 1. The molecule has 0 bridgehead atoms. The third-order valence-electron chi connectivity index (χ3n) is 7.16. The largest absolute Gasteiger partial charge is 0.384 e. The van der Waals surface area contributed by atoms with E-state index in [4.69, 9.17) is 17.3 Å². The summed E-state index contributed by atoms with van der Waals surface area (Å²) in [7, 11) is 0. The number of hydrogen-bond acceptors (Lipinski definition) is 4. The van der Waals surface area contributed by atoms with Gasteiger partial charge in [0.05, 0.1) is 5.60 Å². The van der Waals surface area contributed by atoms with Gasteiger partial charge < -0.3 is 21.1 Å². The first-order valence-corrected chi connectivity index (χ1v) is 11.7. The average Bonchev–Trinajstić information content (AvgIpc) is 3.14. The molecule has 1 aliphatic heterocycles. The SMILES string of the molecule is CC(C)[C@@H](NC(=O)[C@@H]1CC[C@H](N)C1)C(=O)N1CC[C@](O)(c2ccc(Cl)cc2)C(C)(C)C1. The van der Waals surface area contributed by atoms with E-state index in [0.29, 0.717) is 31.0 Å². The van der Waals surface area contributed by atoms with Crippen molar-refractivity contribution in [2.24, 2.45) is 23.0 Å². The Labute approximate surface area is 190 Å². The number of carbonyl (C=O) groups excluding carboxylic acids is 2. The fraction of sp³-hybridized carbons (Fsp3) is 0.667. The van der Waals surface area contributed by atoms with Crippen molar-refractivity contribution in [1.29, 1.82) is 0 Å². The van der Waals surface area contributed by atoms with Crippen molar-refractivity contribution >= 4 is 23.4 Å². The van der Waals surface area contributed by atoms with Gasteiger partial charge in [-0.05, 0) is 49.3 Å². The molecule has 1 saturated heterocycles. The molecular weight excluding hydrogens is 414 g/mol. The Morgan fingerprint density at radius 1 is 1.23 bits per heavy atom. The zero-order valence-corrected chi connectivity index (χ0v) is 19.8. The molecule has 1 saturated carbocycles. The maximum Gasteiger partial charge on any atom is 0.245 e. The molecule has 4 N–H and O–H groups in total. The van der Waals surface area contributed by atoms with Crippen molar-refractivity contribution in [2.45, 2.75) is 71.1 Å². The standard InChI is InChI=1S/C24H36ClN3O3/c1-15(2)20(27-21(29)16-5-10-19(26)13-16)22(30)28-12-11-24(31,23(3,4)14-28)17-6-8-18(25)9-7-17/h6-9,15-16,19-20,31H,5,10-14,26H2,1-4H3,(H,27,29)/t16-,19+,20-,24+/m1/s1.